The average Bonchev–Trinajstić information content (AvgIpc) is 3.65. The number of nitriles is 2. The number of allylic oxidation sites excluding steroid dienone is 2. The number of fused-ring (bicyclic) bond motifs is 3. The lowest BCUT2D eigenvalue weighted by Gasteiger charge is -2.21. The fourth-order valence-corrected chi connectivity index (χ4v) is 7.77. The first kappa shape index (κ1) is 34.9. The third-order valence-corrected chi connectivity index (χ3v) is 10.3. The molecule has 0 saturated carbocycles. The summed E-state index contributed by atoms with van der Waals surface area (Å²) in [7, 11) is 0. The Hall–Kier alpha value is -7.20. The third-order valence-electron chi connectivity index (χ3n) is 10.3. The van der Waals surface area contributed by atoms with Crippen LogP contribution in [0.1, 0.15) is 42.5 Å². The molecule has 0 bridgehead atoms. The second-order valence-corrected chi connectivity index (χ2v) is 13.4. The molecule has 0 spiro atoms. The zero-order chi connectivity index (χ0) is 37.7. The Balaban J connectivity index is 0.00000210. The van der Waals surface area contributed by atoms with Gasteiger partial charge in [0.05, 0.1) is 11.1 Å². The summed E-state index contributed by atoms with van der Waals surface area (Å²) < 4.78 is 6.65. The van der Waals surface area contributed by atoms with Crippen LogP contribution in [0, 0.1) is 22.7 Å². The Bertz CT molecular complexity index is 2540. The summed E-state index contributed by atoms with van der Waals surface area (Å²) in [6.07, 6.45) is 5.04. The van der Waals surface area contributed by atoms with Crippen molar-refractivity contribution in [2.24, 2.45) is 0 Å². The number of hydrogen-bond acceptors (Lipinski definition) is 3. The minimum atomic E-state index is -0.128. The number of ether oxygens (including phenoxy) is 1. The molecule has 7 aromatic carbocycles. The highest BCUT2D eigenvalue weighted by atomic mass is 16.5. The lowest BCUT2D eigenvalue weighted by Crippen LogP contribution is -2.14. The molecule has 1 atom stereocenters. The van der Waals surface area contributed by atoms with Gasteiger partial charge in [0.25, 0.3) is 0 Å². The molecule has 1 aliphatic carbocycles. The van der Waals surface area contributed by atoms with E-state index in [9.17, 15) is 10.5 Å². The molecule has 1 heterocycles. The van der Waals surface area contributed by atoms with Crippen molar-refractivity contribution in [2.75, 3.05) is 0 Å². The summed E-state index contributed by atoms with van der Waals surface area (Å²) in [5.74, 6) is 0.857. The Morgan fingerprint density at radius 2 is 0.855 bits per heavy atom. The van der Waals surface area contributed by atoms with Gasteiger partial charge in [-0.3, -0.25) is 0 Å². The van der Waals surface area contributed by atoms with Crippen molar-refractivity contribution in [2.45, 2.75) is 26.4 Å². The van der Waals surface area contributed by atoms with E-state index in [-0.39, 0.29) is 6.10 Å². The second-order valence-electron chi connectivity index (χ2n) is 13.4. The van der Waals surface area contributed by atoms with Crippen LogP contribution in [0.4, 0.5) is 0 Å². The van der Waals surface area contributed by atoms with Crippen molar-refractivity contribution in [1.29, 1.82) is 10.5 Å². The van der Waals surface area contributed by atoms with Gasteiger partial charge in [-0.15, -0.1) is 0 Å². The summed E-state index contributed by atoms with van der Waals surface area (Å²) in [6.45, 7) is 4.00. The summed E-state index contributed by atoms with van der Waals surface area (Å²) in [6, 6.07) is 60.8. The summed E-state index contributed by atoms with van der Waals surface area (Å²) in [5.41, 5.74) is 15.3. The normalized spacial score (nSPS) is 13.7. The van der Waals surface area contributed by atoms with Gasteiger partial charge < -0.3 is 4.74 Å². The van der Waals surface area contributed by atoms with E-state index in [1.807, 2.05) is 86.6 Å². The maximum Gasteiger partial charge on any atom is 0.128 e. The van der Waals surface area contributed by atoms with Crippen LogP contribution in [-0.2, 0) is 0 Å². The van der Waals surface area contributed by atoms with E-state index in [2.05, 4.69) is 115 Å². The van der Waals surface area contributed by atoms with E-state index < -0.39 is 0 Å². The van der Waals surface area contributed by atoms with Gasteiger partial charge >= 0.3 is 0 Å². The van der Waals surface area contributed by atoms with Gasteiger partial charge in [-0.05, 0) is 80.9 Å². The quantitative estimate of drug-likeness (QED) is 0.173. The molecule has 0 N–H and O–H groups in total. The molecule has 0 aromatic heterocycles. The molecule has 2 aliphatic rings. The van der Waals surface area contributed by atoms with Crippen LogP contribution in [-0.4, -0.2) is 6.10 Å². The SMILES string of the molecule is CC.N#Cc1c(-c2ccccc2)cc(C2=C3c4cc(-c5cc(-c6ccccc6)c(C#N)c(-c6ccccc6)c5)ccc4OC3CC=C2)cc1-c1ccccc1. The molecule has 3 nitrogen and oxygen atoms in total. The Morgan fingerprint density at radius 1 is 0.455 bits per heavy atom. The first-order valence-electron chi connectivity index (χ1n) is 18.8. The van der Waals surface area contributed by atoms with Crippen molar-refractivity contribution in [3.8, 4) is 73.5 Å². The predicted octanol–water partition coefficient (Wildman–Crippen LogP) is 13.4. The van der Waals surface area contributed by atoms with Crippen LogP contribution in [0.5, 0.6) is 5.75 Å². The molecule has 9 rings (SSSR count). The van der Waals surface area contributed by atoms with E-state index in [0.29, 0.717) is 11.1 Å². The minimum Gasteiger partial charge on any atom is -0.485 e. The monoisotopic (exact) mass is 706 g/mol. The largest absolute Gasteiger partial charge is 0.485 e. The summed E-state index contributed by atoms with van der Waals surface area (Å²) in [4.78, 5) is 0. The van der Waals surface area contributed by atoms with Crippen LogP contribution in [0.3, 0.4) is 0 Å². The lowest BCUT2D eigenvalue weighted by molar-refractivity contribution is 0.279. The number of benzene rings is 7. The maximum absolute atomic E-state index is 10.5. The van der Waals surface area contributed by atoms with Crippen LogP contribution >= 0.6 is 0 Å². The minimum absolute atomic E-state index is 0.128. The lowest BCUT2D eigenvalue weighted by atomic mass is 9.82. The molecule has 1 unspecified atom stereocenters. The van der Waals surface area contributed by atoms with Gasteiger partial charge in [0, 0.05) is 39.8 Å². The molecule has 7 aromatic rings. The van der Waals surface area contributed by atoms with Crippen LogP contribution in [0.2, 0.25) is 0 Å². The third kappa shape index (κ3) is 6.54. The van der Waals surface area contributed by atoms with Crippen molar-refractivity contribution in [3.63, 3.8) is 0 Å². The second kappa shape index (κ2) is 15.4. The number of nitrogens with zero attached hydrogens (tertiary/aromatic N) is 2. The zero-order valence-corrected chi connectivity index (χ0v) is 30.8. The van der Waals surface area contributed by atoms with Gasteiger partial charge in [0.1, 0.15) is 24.0 Å². The van der Waals surface area contributed by atoms with Crippen LogP contribution in [0.15, 0.2) is 176 Å². The molecular weight excluding hydrogens is 669 g/mol. The van der Waals surface area contributed by atoms with Gasteiger partial charge in [-0.1, -0.05) is 153 Å². The Morgan fingerprint density at radius 3 is 1.27 bits per heavy atom. The first-order valence-corrected chi connectivity index (χ1v) is 18.8. The van der Waals surface area contributed by atoms with Crippen molar-refractivity contribution in [3.05, 3.63) is 198 Å². The smallest absolute Gasteiger partial charge is 0.128 e. The molecule has 1 aliphatic heterocycles. The molecule has 55 heavy (non-hydrogen) atoms. The van der Waals surface area contributed by atoms with E-state index in [4.69, 9.17) is 4.74 Å². The highest BCUT2D eigenvalue weighted by Crippen LogP contribution is 2.49. The van der Waals surface area contributed by atoms with E-state index in [1.165, 1.54) is 0 Å². The van der Waals surface area contributed by atoms with E-state index in [0.717, 1.165) is 90.1 Å². The molecule has 0 saturated heterocycles. The number of rotatable bonds is 6. The summed E-state index contributed by atoms with van der Waals surface area (Å²) >= 11 is 0. The fraction of sp³-hybridized carbons (Fsp3) is 0.0769. The van der Waals surface area contributed by atoms with Gasteiger partial charge in [-0.25, -0.2) is 0 Å². The number of hydrogen-bond donors (Lipinski definition) is 0. The molecule has 0 fully saturated rings. The Kier molecular flexibility index (Phi) is 9.77. The average molecular weight is 707 g/mol. The molecule has 0 amide bonds. The zero-order valence-electron chi connectivity index (χ0n) is 30.8. The van der Waals surface area contributed by atoms with Crippen LogP contribution in [0.25, 0.3) is 66.8 Å². The van der Waals surface area contributed by atoms with E-state index in [1.54, 1.807) is 0 Å². The standard InChI is InChI=1S/C50H32N2O.C2H6/c51-31-46-41(33-14-5-1-6-15-33)27-38(28-42(46)34-16-7-2-8-17-34)37-24-25-48-45(26-37)50-40(22-13-23-49(50)53-48)39-29-43(35-18-9-3-10-19-35)47(32-52)44(30-39)36-20-11-4-12-21-36;1-2/h1-22,24-30,49H,23H2;1-2H3. The van der Waals surface area contributed by atoms with Crippen molar-refractivity contribution >= 4 is 11.1 Å². The summed E-state index contributed by atoms with van der Waals surface area (Å²) in [5, 5.41) is 21.0. The molecule has 262 valence electrons. The topological polar surface area (TPSA) is 56.8 Å². The maximum atomic E-state index is 10.5. The van der Waals surface area contributed by atoms with Gasteiger partial charge in [0.2, 0.25) is 0 Å². The highest BCUT2D eigenvalue weighted by molar-refractivity contribution is 6.03. The molecule has 3 heteroatoms. The van der Waals surface area contributed by atoms with Crippen molar-refractivity contribution in [1.82, 2.24) is 0 Å². The molecular formula is C52H38N2O. The predicted molar refractivity (Wildman–Crippen MR) is 226 cm³/mol. The van der Waals surface area contributed by atoms with Gasteiger partial charge in [0.15, 0.2) is 0 Å². The first-order chi connectivity index (χ1) is 27.2. The fourth-order valence-electron chi connectivity index (χ4n) is 7.77. The van der Waals surface area contributed by atoms with Gasteiger partial charge in [-0.2, -0.15) is 10.5 Å². The Labute approximate surface area is 323 Å². The van der Waals surface area contributed by atoms with Crippen LogP contribution < -0.4 is 4.74 Å². The highest BCUT2D eigenvalue weighted by Gasteiger charge is 2.33. The molecule has 0 radical (unpaired) electrons. The van der Waals surface area contributed by atoms with Crippen molar-refractivity contribution < 1.29 is 4.74 Å². The van der Waals surface area contributed by atoms with E-state index >= 15 is 0 Å².